The quantitative estimate of drug-likeness (QED) is 0.718. The molecule has 1 aliphatic rings. The van der Waals surface area contributed by atoms with Crippen molar-refractivity contribution < 1.29 is 13.2 Å². The lowest BCUT2D eigenvalue weighted by atomic mass is 9.87. The highest BCUT2D eigenvalue weighted by Crippen LogP contribution is 2.33. The number of hydrogen-bond donors (Lipinski definition) is 1. The predicted octanol–water partition coefficient (Wildman–Crippen LogP) is 5.85. The van der Waals surface area contributed by atoms with Crippen LogP contribution in [-0.4, -0.2) is 6.54 Å². The molecule has 0 aliphatic heterocycles. The van der Waals surface area contributed by atoms with Gasteiger partial charge < -0.3 is 5.32 Å². The number of nitrogens with one attached hydrogen (secondary N) is 1. The van der Waals surface area contributed by atoms with Crippen molar-refractivity contribution in [3.63, 3.8) is 0 Å². The van der Waals surface area contributed by atoms with Crippen LogP contribution in [0.15, 0.2) is 22.7 Å². The van der Waals surface area contributed by atoms with Crippen molar-refractivity contribution in [3.05, 3.63) is 28.2 Å². The molecule has 1 saturated carbocycles. The fourth-order valence-electron chi connectivity index (χ4n) is 2.75. The topological polar surface area (TPSA) is 12.0 Å². The summed E-state index contributed by atoms with van der Waals surface area (Å²) in [5.41, 5.74) is -0.0884. The Kier molecular flexibility index (Phi) is 5.35. The number of hydrogen-bond acceptors (Lipinski definition) is 1. The van der Waals surface area contributed by atoms with Crippen LogP contribution >= 0.6 is 15.9 Å². The van der Waals surface area contributed by atoms with Crippen LogP contribution in [0.4, 0.5) is 18.9 Å². The second-order valence-corrected chi connectivity index (χ2v) is 6.36. The first-order valence-electron chi connectivity index (χ1n) is 7.07. The molecule has 0 unspecified atom stereocenters. The summed E-state index contributed by atoms with van der Waals surface area (Å²) in [5.74, 6) is 0.727. The Bertz CT molecular complexity index is 439. The zero-order valence-electron chi connectivity index (χ0n) is 11.3. The first kappa shape index (κ1) is 15.7. The van der Waals surface area contributed by atoms with Crippen molar-refractivity contribution in [1.82, 2.24) is 0 Å². The fraction of sp³-hybridized carbons (Fsp3) is 0.600. The maximum Gasteiger partial charge on any atom is 0.416 e. The third-order valence-corrected chi connectivity index (χ3v) is 4.29. The number of halogens is 4. The van der Waals surface area contributed by atoms with Crippen molar-refractivity contribution in [2.24, 2.45) is 5.92 Å². The summed E-state index contributed by atoms with van der Waals surface area (Å²) in [7, 11) is 0. The highest BCUT2D eigenvalue weighted by Gasteiger charge is 2.31. The Morgan fingerprint density at radius 2 is 1.80 bits per heavy atom. The van der Waals surface area contributed by atoms with E-state index in [1.54, 1.807) is 6.07 Å². The minimum atomic E-state index is -4.30. The molecule has 1 N–H and O–H groups in total. The zero-order chi connectivity index (χ0) is 14.6. The maximum atomic E-state index is 12.7. The Morgan fingerprint density at radius 1 is 1.10 bits per heavy atom. The summed E-state index contributed by atoms with van der Waals surface area (Å²) in [5, 5.41) is 3.12. The molecule has 0 bridgehead atoms. The van der Waals surface area contributed by atoms with Crippen LogP contribution in [0.5, 0.6) is 0 Å². The van der Waals surface area contributed by atoms with Gasteiger partial charge in [-0.15, -0.1) is 0 Å². The smallest absolute Gasteiger partial charge is 0.385 e. The van der Waals surface area contributed by atoms with E-state index in [2.05, 4.69) is 21.2 Å². The molecule has 0 radical (unpaired) electrons. The standard InChI is InChI=1S/C15H19BrF3N/c16-13-8-12(15(17,18)19)9-14(10-13)20-7-6-11-4-2-1-3-5-11/h8-11,20H,1-7H2. The van der Waals surface area contributed by atoms with Crippen molar-refractivity contribution in [2.75, 3.05) is 11.9 Å². The minimum absolute atomic E-state index is 0.451. The molecule has 0 amide bonds. The van der Waals surface area contributed by atoms with Gasteiger partial charge in [0.15, 0.2) is 0 Å². The van der Waals surface area contributed by atoms with Crippen LogP contribution in [0, 0.1) is 5.92 Å². The van der Waals surface area contributed by atoms with Gasteiger partial charge in [-0.05, 0) is 30.5 Å². The Morgan fingerprint density at radius 3 is 2.45 bits per heavy atom. The average molecular weight is 350 g/mol. The van der Waals surface area contributed by atoms with Gasteiger partial charge in [0.1, 0.15) is 0 Å². The van der Waals surface area contributed by atoms with E-state index < -0.39 is 11.7 Å². The summed E-state index contributed by atoms with van der Waals surface area (Å²) in [6.45, 7) is 0.735. The molecule has 1 aromatic carbocycles. The van der Waals surface area contributed by atoms with Crippen molar-refractivity contribution >= 4 is 21.6 Å². The van der Waals surface area contributed by atoms with Crippen LogP contribution in [-0.2, 0) is 6.18 Å². The first-order valence-corrected chi connectivity index (χ1v) is 7.86. The molecule has 112 valence electrons. The van der Waals surface area contributed by atoms with Gasteiger partial charge in [-0.2, -0.15) is 13.2 Å². The van der Waals surface area contributed by atoms with Gasteiger partial charge in [0.25, 0.3) is 0 Å². The summed E-state index contributed by atoms with van der Waals surface area (Å²) in [6.07, 6.45) is 3.16. The second-order valence-electron chi connectivity index (χ2n) is 5.45. The molecule has 5 heteroatoms. The molecule has 0 atom stereocenters. The third-order valence-electron chi connectivity index (χ3n) is 3.83. The molecule has 1 nitrogen and oxygen atoms in total. The highest BCUT2D eigenvalue weighted by molar-refractivity contribution is 9.10. The van der Waals surface area contributed by atoms with Gasteiger partial charge >= 0.3 is 6.18 Å². The van der Waals surface area contributed by atoms with E-state index >= 15 is 0 Å². The van der Waals surface area contributed by atoms with Crippen LogP contribution in [0.3, 0.4) is 0 Å². The lowest BCUT2D eigenvalue weighted by molar-refractivity contribution is -0.137. The predicted molar refractivity (Wildman–Crippen MR) is 78.8 cm³/mol. The molecule has 0 heterocycles. The summed E-state index contributed by atoms with van der Waals surface area (Å²) < 4.78 is 38.6. The summed E-state index contributed by atoms with van der Waals surface area (Å²) >= 11 is 3.13. The van der Waals surface area contributed by atoms with Gasteiger partial charge in [-0.3, -0.25) is 0 Å². The van der Waals surface area contributed by atoms with Gasteiger partial charge in [0.05, 0.1) is 5.56 Å². The summed E-state index contributed by atoms with van der Waals surface area (Å²) in [6, 6.07) is 3.97. The second kappa shape index (κ2) is 6.83. The monoisotopic (exact) mass is 349 g/mol. The summed E-state index contributed by atoms with van der Waals surface area (Å²) in [4.78, 5) is 0. The normalized spacial score (nSPS) is 17.2. The molecular weight excluding hydrogens is 331 g/mol. The number of rotatable bonds is 4. The molecule has 0 spiro atoms. The lowest BCUT2D eigenvalue weighted by Crippen LogP contribution is -2.13. The SMILES string of the molecule is FC(F)(F)c1cc(Br)cc(NCCC2CCCCC2)c1. The zero-order valence-corrected chi connectivity index (χ0v) is 12.9. The first-order chi connectivity index (χ1) is 9.45. The Labute approximate surface area is 126 Å². The molecule has 0 aromatic heterocycles. The Hall–Kier alpha value is -0.710. The van der Waals surface area contributed by atoms with Crippen molar-refractivity contribution in [1.29, 1.82) is 0 Å². The minimum Gasteiger partial charge on any atom is -0.385 e. The molecule has 20 heavy (non-hydrogen) atoms. The molecule has 1 aromatic rings. The third kappa shape index (κ3) is 4.69. The van der Waals surface area contributed by atoms with Crippen molar-refractivity contribution in [2.45, 2.75) is 44.7 Å². The van der Waals surface area contributed by atoms with Gasteiger partial charge in [0.2, 0.25) is 0 Å². The maximum absolute atomic E-state index is 12.7. The van der Waals surface area contributed by atoms with Crippen LogP contribution in [0.25, 0.3) is 0 Å². The molecule has 2 rings (SSSR count). The number of benzene rings is 1. The van der Waals surface area contributed by atoms with Crippen molar-refractivity contribution in [3.8, 4) is 0 Å². The van der Waals surface area contributed by atoms with E-state index in [-0.39, 0.29) is 0 Å². The van der Waals surface area contributed by atoms with E-state index in [4.69, 9.17) is 0 Å². The number of anilines is 1. The van der Waals surface area contributed by atoms with E-state index in [9.17, 15) is 13.2 Å². The van der Waals surface area contributed by atoms with Crippen LogP contribution in [0.2, 0.25) is 0 Å². The van der Waals surface area contributed by atoms with E-state index in [1.165, 1.54) is 38.2 Å². The van der Waals surface area contributed by atoms with E-state index in [0.717, 1.165) is 24.9 Å². The average Bonchev–Trinajstić information content (AvgIpc) is 2.38. The Balaban J connectivity index is 1.90. The fourth-order valence-corrected chi connectivity index (χ4v) is 3.25. The van der Waals surface area contributed by atoms with Gasteiger partial charge in [0, 0.05) is 16.7 Å². The van der Waals surface area contributed by atoms with Gasteiger partial charge in [-0.25, -0.2) is 0 Å². The van der Waals surface area contributed by atoms with Crippen LogP contribution in [0.1, 0.15) is 44.1 Å². The largest absolute Gasteiger partial charge is 0.416 e. The lowest BCUT2D eigenvalue weighted by Gasteiger charge is -2.21. The molecule has 1 aliphatic carbocycles. The molecule has 0 saturated heterocycles. The van der Waals surface area contributed by atoms with E-state index in [0.29, 0.717) is 10.2 Å². The van der Waals surface area contributed by atoms with Crippen LogP contribution < -0.4 is 5.32 Å². The van der Waals surface area contributed by atoms with E-state index in [1.807, 2.05) is 0 Å². The number of alkyl halides is 3. The molecule has 1 fully saturated rings. The van der Waals surface area contributed by atoms with Gasteiger partial charge in [-0.1, -0.05) is 48.0 Å². The highest BCUT2D eigenvalue weighted by atomic mass is 79.9. The molecular formula is C15H19BrF3N.